The highest BCUT2D eigenvalue weighted by Crippen LogP contribution is 1.86. The average Bonchev–Trinajstić information content (AvgIpc) is 2.12. The van der Waals surface area contributed by atoms with Crippen molar-refractivity contribution < 1.29 is 4.74 Å². The summed E-state index contributed by atoms with van der Waals surface area (Å²) in [5.74, 6) is 6.11. The van der Waals surface area contributed by atoms with Crippen molar-refractivity contribution in [3.8, 4) is 11.8 Å². The van der Waals surface area contributed by atoms with Gasteiger partial charge in [-0.15, -0.1) is 0 Å². The number of ether oxygens (including phenoxy) is 1. The molecule has 0 aliphatic carbocycles. The fourth-order valence-electron chi connectivity index (χ4n) is 0.807. The van der Waals surface area contributed by atoms with Crippen LogP contribution in [0.2, 0.25) is 0 Å². The Bertz CT molecular complexity index is 153. The Morgan fingerprint density at radius 2 is 1.92 bits per heavy atom. The summed E-state index contributed by atoms with van der Waals surface area (Å²) in [5.41, 5.74) is 0. The third-order valence-electron chi connectivity index (χ3n) is 1.86. The van der Waals surface area contributed by atoms with E-state index in [1.165, 1.54) is 0 Å². The first-order chi connectivity index (χ1) is 5.74. The van der Waals surface area contributed by atoms with Crippen molar-refractivity contribution in [2.24, 2.45) is 0 Å². The molecule has 0 amide bonds. The predicted molar refractivity (Wildman–Crippen MR) is 52.0 cm³/mol. The Morgan fingerprint density at radius 3 is 2.33 bits per heavy atom. The summed E-state index contributed by atoms with van der Waals surface area (Å²) in [5, 5.41) is 0. The van der Waals surface area contributed by atoms with Gasteiger partial charge in [-0.05, 0) is 20.0 Å². The van der Waals surface area contributed by atoms with Crippen LogP contribution in [-0.2, 0) is 4.74 Å². The van der Waals surface area contributed by atoms with E-state index in [-0.39, 0.29) is 6.10 Å². The zero-order valence-electron chi connectivity index (χ0n) is 8.55. The standard InChI is InChI=1S/C10H19NO/c1-5-11(6-2)9-7-8-10(3)12-4/h10H,5-6,9H2,1-4H3. The van der Waals surface area contributed by atoms with Gasteiger partial charge in [0.25, 0.3) is 0 Å². The van der Waals surface area contributed by atoms with Gasteiger partial charge in [-0.1, -0.05) is 25.7 Å². The summed E-state index contributed by atoms with van der Waals surface area (Å²) in [7, 11) is 1.68. The summed E-state index contributed by atoms with van der Waals surface area (Å²) >= 11 is 0. The van der Waals surface area contributed by atoms with E-state index in [4.69, 9.17) is 4.74 Å². The van der Waals surface area contributed by atoms with Crippen LogP contribution >= 0.6 is 0 Å². The van der Waals surface area contributed by atoms with E-state index in [9.17, 15) is 0 Å². The van der Waals surface area contributed by atoms with Crippen molar-refractivity contribution in [1.29, 1.82) is 0 Å². The molecule has 0 fully saturated rings. The van der Waals surface area contributed by atoms with Crippen molar-refractivity contribution in [3.63, 3.8) is 0 Å². The van der Waals surface area contributed by atoms with E-state index in [1.54, 1.807) is 7.11 Å². The minimum Gasteiger partial charge on any atom is -0.369 e. The Morgan fingerprint density at radius 1 is 1.33 bits per heavy atom. The molecule has 0 aromatic rings. The summed E-state index contributed by atoms with van der Waals surface area (Å²) < 4.78 is 5.01. The Kier molecular flexibility index (Phi) is 6.84. The smallest absolute Gasteiger partial charge is 0.115 e. The van der Waals surface area contributed by atoms with Crippen LogP contribution in [0.15, 0.2) is 0 Å². The Labute approximate surface area is 75.9 Å². The van der Waals surface area contributed by atoms with Crippen LogP contribution in [0, 0.1) is 11.8 Å². The molecule has 0 radical (unpaired) electrons. The lowest BCUT2D eigenvalue weighted by atomic mass is 10.4. The molecular formula is C10H19NO. The molecule has 0 rings (SSSR count). The van der Waals surface area contributed by atoms with E-state index in [1.807, 2.05) is 6.92 Å². The quantitative estimate of drug-likeness (QED) is 0.589. The highest BCUT2D eigenvalue weighted by molar-refractivity contribution is 5.05. The molecule has 2 nitrogen and oxygen atoms in total. The van der Waals surface area contributed by atoms with Gasteiger partial charge in [0.2, 0.25) is 0 Å². The molecule has 12 heavy (non-hydrogen) atoms. The maximum absolute atomic E-state index is 5.01. The number of methoxy groups -OCH3 is 1. The van der Waals surface area contributed by atoms with Crippen LogP contribution in [0.25, 0.3) is 0 Å². The summed E-state index contributed by atoms with van der Waals surface area (Å²) in [6.07, 6.45) is 0.0561. The number of hydrogen-bond acceptors (Lipinski definition) is 2. The van der Waals surface area contributed by atoms with Crippen molar-refractivity contribution in [2.45, 2.75) is 26.9 Å². The zero-order chi connectivity index (χ0) is 9.40. The lowest BCUT2D eigenvalue weighted by Crippen LogP contribution is -2.23. The van der Waals surface area contributed by atoms with Gasteiger partial charge in [0.05, 0.1) is 6.54 Å². The van der Waals surface area contributed by atoms with E-state index < -0.39 is 0 Å². The lowest BCUT2D eigenvalue weighted by molar-refractivity contribution is 0.163. The van der Waals surface area contributed by atoms with Gasteiger partial charge in [0.15, 0.2) is 0 Å². The number of nitrogens with zero attached hydrogens (tertiary/aromatic N) is 1. The van der Waals surface area contributed by atoms with Gasteiger partial charge in [-0.25, -0.2) is 0 Å². The van der Waals surface area contributed by atoms with E-state index in [2.05, 4.69) is 30.6 Å². The molecular weight excluding hydrogens is 150 g/mol. The third kappa shape index (κ3) is 5.17. The Balaban J connectivity index is 3.67. The van der Waals surface area contributed by atoms with Gasteiger partial charge in [-0.3, -0.25) is 4.90 Å². The van der Waals surface area contributed by atoms with Gasteiger partial charge in [-0.2, -0.15) is 0 Å². The summed E-state index contributed by atoms with van der Waals surface area (Å²) in [6, 6.07) is 0. The molecule has 0 saturated heterocycles. The molecule has 0 aliphatic heterocycles. The fraction of sp³-hybridized carbons (Fsp3) is 0.800. The van der Waals surface area contributed by atoms with Gasteiger partial charge >= 0.3 is 0 Å². The van der Waals surface area contributed by atoms with E-state index in [0.29, 0.717) is 0 Å². The van der Waals surface area contributed by atoms with Crippen molar-refractivity contribution >= 4 is 0 Å². The second kappa shape index (κ2) is 7.15. The fourth-order valence-corrected chi connectivity index (χ4v) is 0.807. The first-order valence-corrected chi connectivity index (χ1v) is 4.48. The molecule has 0 spiro atoms. The van der Waals surface area contributed by atoms with E-state index >= 15 is 0 Å². The zero-order valence-corrected chi connectivity index (χ0v) is 8.55. The monoisotopic (exact) mass is 169 g/mol. The van der Waals surface area contributed by atoms with Crippen LogP contribution < -0.4 is 0 Å². The normalized spacial score (nSPS) is 12.4. The first kappa shape index (κ1) is 11.5. The Hall–Kier alpha value is -0.520. The van der Waals surface area contributed by atoms with Crippen LogP contribution in [0.1, 0.15) is 20.8 Å². The van der Waals surface area contributed by atoms with E-state index in [0.717, 1.165) is 19.6 Å². The molecule has 0 N–H and O–H groups in total. The molecule has 2 heteroatoms. The average molecular weight is 169 g/mol. The minimum atomic E-state index is 0.0561. The van der Waals surface area contributed by atoms with Crippen molar-refractivity contribution in [3.05, 3.63) is 0 Å². The lowest BCUT2D eigenvalue weighted by Gasteiger charge is -2.13. The topological polar surface area (TPSA) is 12.5 Å². The molecule has 0 bridgehead atoms. The highest BCUT2D eigenvalue weighted by atomic mass is 16.5. The van der Waals surface area contributed by atoms with Crippen molar-refractivity contribution in [2.75, 3.05) is 26.7 Å². The second-order valence-electron chi connectivity index (χ2n) is 2.66. The molecule has 70 valence electrons. The molecule has 1 unspecified atom stereocenters. The van der Waals surface area contributed by atoms with Crippen LogP contribution in [0.5, 0.6) is 0 Å². The van der Waals surface area contributed by atoms with Crippen LogP contribution in [0.3, 0.4) is 0 Å². The van der Waals surface area contributed by atoms with Crippen molar-refractivity contribution in [1.82, 2.24) is 4.90 Å². The second-order valence-corrected chi connectivity index (χ2v) is 2.66. The van der Waals surface area contributed by atoms with Crippen LogP contribution in [0.4, 0.5) is 0 Å². The number of rotatable bonds is 4. The molecule has 0 aromatic carbocycles. The first-order valence-electron chi connectivity index (χ1n) is 4.48. The van der Waals surface area contributed by atoms with Gasteiger partial charge < -0.3 is 4.74 Å². The third-order valence-corrected chi connectivity index (χ3v) is 1.86. The molecule has 0 aliphatic rings. The largest absolute Gasteiger partial charge is 0.369 e. The SMILES string of the molecule is CCN(CC)CC#CC(C)OC. The molecule has 1 atom stereocenters. The minimum absolute atomic E-state index is 0.0561. The van der Waals surface area contributed by atoms with Gasteiger partial charge in [0.1, 0.15) is 6.10 Å². The summed E-state index contributed by atoms with van der Waals surface area (Å²) in [6.45, 7) is 9.21. The molecule has 0 aromatic heterocycles. The maximum Gasteiger partial charge on any atom is 0.115 e. The van der Waals surface area contributed by atoms with Crippen LogP contribution in [-0.4, -0.2) is 37.7 Å². The molecule has 0 heterocycles. The molecule has 0 saturated carbocycles. The summed E-state index contributed by atoms with van der Waals surface area (Å²) in [4.78, 5) is 2.27. The predicted octanol–water partition coefficient (Wildman–Crippen LogP) is 1.37. The number of hydrogen-bond donors (Lipinski definition) is 0. The van der Waals surface area contributed by atoms with Gasteiger partial charge in [0, 0.05) is 7.11 Å². The highest BCUT2D eigenvalue weighted by Gasteiger charge is 1.94. The maximum atomic E-state index is 5.01.